The Hall–Kier alpha value is -3.07. The van der Waals surface area contributed by atoms with Gasteiger partial charge in [0.15, 0.2) is 6.10 Å². The summed E-state index contributed by atoms with van der Waals surface area (Å²) in [5.74, 6) is -0.909. The van der Waals surface area contributed by atoms with E-state index in [0.29, 0.717) is 23.9 Å². The van der Waals surface area contributed by atoms with Crippen molar-refractivity contribution in [3.05, 3.63) is 97.2 Å². The monoisotopic (exact) mass is 858 g/mol. The number of rotatable bonds is 40. The first-order valence-corrected chi connectivity index (χ1v) is 24.4. The Morgan fingerprint density at radius 1 is 0.533 bits per heavy atom. The molecule has 0 saturated carbocycles. The number of phosphoric ester groups is 1. The molecule has 0 aromatic heterocycles. The van der Waals surface area contributed by atoms with Crippen LogP contribution in [0.25, 0.3) is 0 Å². The zero-order valence-electron chi connectivity index (χ0n) is 38.4. The summed E-state index contributed by atoms with van der Waals surface area (Å²) >= 11 is 0. The lowest BCUT2D eigenvalue weighted by Crippen LogP contribution is -2.37. The Bertz CT molecular complexity index is 1340. The minimum absolute atomic E-state index is 0.0472. The van der Waals surface area contributed by atoms with Crippen LogP contribution in [0.2, 0.25) is 0 Å². The fraction of sp³-hybridized carbons (Fsp3) is 0.640. The lowest BCUT2D eigenvalue weighted by molar-refractivity contribution is -0.870. The third kappa shape index (κ3) is 44.5. The third-order valence-corrected chi connectivity index (χ3v) is 10.1. The molecule has 342 valence electrons. The lowest BCUT2D eigenvalue weighted by atomic mass is 10.1. The van der Waals surface area contributed by atoms with E-state index in [9.17, 15) is 19.0 Å². The van der Waals surface area contributed by atoms with E-state index in [-0.39, 0.29) is 26.1 Å². The molecule has 0 aliphatic heterocycles. The van der Waals surface area contributed by atoms with Crippen molar-refractivity contribution in [3.8, 4) is 0 Å². The molecule has 0 aliphatic carbocycles. The Kier molecular flexibility index (Phi) is 39.2. The molecule has 0 bridgehead atoms. The van der Waals surface area contributed by atoms with Crippen molar-refractivity contribution in [2.75, 3.05) is 47.5 Å². The normalized spacial score (nSPS) is 14.4. The number of phosphoric acid groups is 1. The maximum atomic E-state index is 12.7. The van der Waals surface area contributed by atoms with Gasteiger partial charge in [0.25, 0.3) is 7.82 Å². The van der Waals surface area contributed by atoms with Crippen LogP contribution in [0.5, 0.6) is 0 Å². The smallest absolute Gasteiger partial charge is 0.306 e. The Morgan fingerprint density at radius 2 is 0.950 bits per heavy atom. The molecule has 0 heterocycles. The molecule has 0 aromatic carbocycles. The Morgan fingerprint density at radius 3 is 1.42 bits per heavy atom. The average molecular weight is 858 g/mol. The van der Waals surface area contributed by atoms with Crippen LogP contribution in [-0.4, -0.2) is 70.0 Å². The van der Waals surface area contributed by atoms with Gasteiger partial charge in [-0.15, -0.1) is 0 Å². The predicted octanol–water partition coefficient (Wildman–Crippen LogP) is 12.7. The number of likely N-dealkylation sites (N-methyl/N-ethyl adjacent to an activating group) is 1. The van der Waals surface area contributed by atoms with Crippen molar-refractivity contribution in [2.24, 2.45) is 0 Å². The van der Waals surface area contributed by atoms with Crippen LogP contribution in [0.1, 0.15) is 155 Å². The molecule has 0 amide bonds. The molecule has 2 atom stereocenters. The number of esters is 2. The Balaban J connectivity index is 4.47. The SMILES string of the molecule is CC/C=C\C/C=C\C/C=C\C/C=C\CCCCCCC(=O)O[C@H](COC(=O)CCCCC/C=C\C/C=C\C/C=C\C/C=C\CCCCC)COP(=O)([O-])OCC[N+](C)(C)C. The van der Waals surface area contributed by atoms with Crippen LogP contribution >= 0.6 is 7.82 Å². The Labute approximate surface area is 366 Å². The molecule has 0 saturated heterocycles. The standard InChI is InChI=1S/C50H84NO8P/c1-6-8-10-12-14-16-18-20-22-24-25-27-28-30-32-34-36-38-40-42-49(52)56-46-48(47-58-60(54,55)57-45-44-51(3,4)5)59-50(53)43-41-39-37-35-33-31-29-26-23-21-19-17-15-13-11-9-7-2/h9,11,14-17,20-23,25,27,29-32,48H,6-8,10,12-13,18-19,24,26,28,33-47H2,1-5H3/b11-9-,16-14-,17-15-,22-20-,23-21-,27-25-,31-29-,32-30-/t48-/m1/s1. The number of allylic oxidation sites excluding steroid dienone is 16. The van der Waals surface area contributed by atoms with Crippen LogP contribution in [-0.2, 0) is 32.7 Å². The third-order valence-electron chi connectivity index (χ3n) is 9.09. The fourth-order valence-electron chi connectivity index (χ4n) is 5.51. The molecule has 0 spiro atoms. The second kappa shape index (κ2) is 41.3. The van der Waals surface area contributed by atoms with Gasteiger partial charge in [0, 0.05) is 12.8 Å². The second-order valence-electron chi connectivity index (χ2n) is 16.0. The van der Waals surface area contributed by atoms with Crippen molar-refractivity contribution < 1.29 is 42.1 Å². The minimum Gasteiger partial charge on any atom is -0.756 e. The first kappa shape index (κ1) is 56.9. The van der Waals surface area contributed by atoms with Crippen LogP contribution in [0.4, 0.5) is 0 Å². The van der Waals surface area contributed by atoms with E-state index >= 15 is 0 Å². The fourth-order valence-corrected chi connectivity index (χ4v) is 6.24. The summed E-state index contributed by atoms with van der Waals surface area (Å²) in [7, 11) is 1.11. The molecule has 10 heteroatoms. The number of hydrogen-bond donors (Lipinski definition) is 0. The van der Waals surface area contributed by atoms with Gasteiger partial charge in [0.2, 0.25) is 0 Å². The van der Waals surface area contributed by atoms with E-state index in [2.05, 4.69) is 111 Å². The summed E-state index contributed by atoms with van der Waals surface area (Å²) < 4.78 is 33.9. The summed E-state index contributed by atoms with van der Waals surface area (Å²) in [5.41, 5.74) is 0. The van der Waals surface area contributed by atoms with E-state index in [1.807, 2.05) is 21.1 Å². The minimum atomic E-state index is -4.65. The van der Waals surface area contributed by atoms with E-state index in [1.54, 1.807) is 0 Å². The first-order valence-electron chi connectivity index (χ1n) is 22.9. The highest BCUT2D eigenvalue weighted by Gasteiger charge is 2.21. The lowest BCUT2D eigenvalue weighted by Gasteiger charge is -2.28. The van der Waals surface area contributed by atoms with E-state index < -0.39 is 32.5 Å². The number of unbranched alkanes of at least 4 members (excludes halogenated alkanes) is 10. The van der Waals surface area contributed by atoms with E-state index in [0.717, 1.165) is 89.9 Å². The van der Waals surface area contributed by atoms with Crippen molar-refractivity contribution in [3.63, 3.8) is 0 Å². The van der Waals surface area contributed by atoms with Crippen molar-refractivity contribution in [1.29, 1.82) is 0 Å². The number of nitrogens with zero attached hydrogens (tertiary/aromatic N) is 1. The van der Waals surface area contributed by atoms with E-state index in [1.165, 1.54) is 25.7 Å². The molecule has 0 aliphatic rings. The van der Waals surface area contributed by atoms with Gasteiger partial charge in [0.1, 0.15) is 19.8 Å². The summed E-state index contributed by atoms with van der Waals surface area (Å²) in [6.07, 6.45) is 54.3. The first-order chi connectivity index (χ1) is 29.0. The zero-order chi connectivity index (χ0) is 44.3. The topological polar surface area (TPSA) is 111 Å². The summed E-state index contributed by atoms with van der Waals surface area (Å²) in [6, 6.07) is 0. The van der Waals surface area contributed by atoms with Crippen LogP contribution in [0, 0.1) is 0 Å². The van der Waals surface area contributed by atoms with Gasteiger partial charge in [-0.25, -0.2) is 0 Å². The largest absolute Gasteiger partial charge is 0.756 e. The molecule has 1 unspecified atom stereocenters. The number of ether oxygens (including phenoxy) is 2. The van der Waals surface area contributed by atoms with E-state index in [4.69, 9.17) is 18.5 Å². The summed E-state index contributed by atoms with van der Waals surface area (Å²) in [6.45, 7) is 3.99. The van der Waals surface area contributed by atoms with Crippen LogP contribution < -0.4 is 4.89 Å². The molecular weight excluding hydrogens is 774 g/mol. The highest BCUT2D eigenvalue weighted by atomic mass is 31.2. The van der Waals surface area contributed by atoms with Gasteiger partial charge in [-0.2, -0.15) is 0 Å². The molecule has 9 nitrogen and oxygen atoms in total. The maximum absolute atomic E-state index is 12.7. The predicted molar refractivity (Wildman–Crippen MR) is 249 cm³/mol. The molecule has 0 rings (SSSR count). The molecular formula is C50H84NO8P. The number of hydrogen-bond acceptors (Lipinski definition) is 8. The molecule has 0 N–H and O–H groups in total. The summed E-state index contributed by atoms with van der Waals surface area (Å²) in [5, 5.41) is 0. The van der Waals surface area contributed by atoms with Gasteiger partial charge < -0.3 is 27.9 Å². The number of quaternary nitrogens is 1. The second-order valence-corrected chi connectivity index (χ2v) is 17.4. The quantitative estimate of drug-likeness (QED) is 0.0197. The number of carbonyl (C=O) groups excluding carboxylic acids is 2. The molecule has 60 heavy (non-hydrogen) atoms. The van der Waals surface area contributed by atoms with Crippen LogP contribution in [0.15, 0.2) is 97.2 Å². The van der Waals surface area contributed by atoms with Gasteiger partial charge in [-0.3, -0.25) is 14.2 Å². The van der Waals surface area contributed by atoms with Crippen molar-refractivity contribution in [1.82, 2.24) is 0 Å². The highest BCUT2D eigenvalue weighted by Crippen LogP contribution is 2.38. The zero-order valence-corrected chi connectivity index (χ0v) is 39.3. The maximum Gasteiger partial charge on any atom is 0.306 e. The van der Waals surface area contributed by atoms with Gasteiger partial charge in [-0.1, -0.05) is 143 Å². The summed E-state index contributed by atoms with van der Waals surface area (Å²) in [4.78, 5) is 37.6. The van der Waals surface area contributed by atoms with Crippen molar-refractivity contribution >= 4 is 19.8 Å². The van der Waals surface area contributed by atoms with Crippen molar-refractivity contribution in [2.45, 2.75) is 161 Å². The van der Waals surface area contributed by atoms with Gasteiger partial charge in [-0.05, 0) is 96.3 Å². The molecule has 0 aromatic rings. The average Bonchev–Trinajstić information content (AvgIpc) is 3.20. The van der Waals surface area contributed by atoms with Gasteiger partial charge >= 0.3 is 11.9 Å². The molecule has 0 radical (unpaired) electrons. The molecule has 0 fully saturated rings. The van der Waals surface area contributed by atoms with Gasteiger partial charge in [0.05, 0.1) is 27.7 Å². The number of carbonyl (C=O) groups is 2. The van der Waals surface area contributed by atoms with Crippen LogP contribution in [0.3, 0.4) is 0 Å². The highest BCUT2D eigenvalue weighted by molar-refractivity contribution is 7.45.